The van der Waals surface area contributed by atoms with E-state index in [-0.39, 0.29) is 43.1 Å². The molecular formula is C56H74N8O7S. The molecule has 0 saturated carbocycles. The molecule has 7 rings (SSSR count). The second-order valence-corrected chi connectivity index (χ2v) is 21.3. The van der Waals surface area contributed by atoms with Gasteiger partial charge in [-0.25, -0.2) is 15.0 Å². The molecule has 3 atom stereocenters. The van der Waals surface area contributed by atoms with E-state index in [0.29, 0.717) is 42.7 Å². The molecule has 2 aromatic heterocycles. The maximum Gasteiger partial charge on any atom is 0.246 e. The average Bonchev–Trinajstić information content (AvgIpc) is 4.00. The molecule has 2 aliphatic heterocycles. The van der Waals surface area contributed by atoms with Crippen molar-refractivity contribution in [3.05, 3.63) is 89.8 Å². The minimum Gasteiger partial charge on any atom is -0.493 e. The number of piperidine rings is 1. The number of β-amino-alcohol motifs (C(OH)–C–C–N with tert-alkyl or cyclic N) is 1. The Morgan fingerprint density at radius 3 is 2.18 bits per heavy atom. The number of para-hydroxylation sites is 1. The molecule has 4 N–H and O–H groups in total. The Balaban J connectivity index is 0.727. The number of carbonyl (C=O) groups excluding carboxylic acids is 4. The maximum absolute atomic E-state index is 14.0. The number of thiazole rings is 1. The number of amides is 4. The third-order valence-electron chi connectivity index (χ3n) is 13.9. The predicted molar refractivity (Wildman–Crippen MR) is 283 cm³/mol. The quantitative estimate of drug-likeness (QED) is 0.0431. The zero-order chi connectivity index (χ0) is 51.0. The van der Waals surface area contributed by atoms with Crippen molar-refractivity contribution in [2.24, 2.45) is 11.3 Å². The minimum absolute atomic E-state index is 0.0377. The van der Waals surface area contributed by atoms with E-state index in [0.717, 1.165) is 122 Å². The van der Waals surface area contributed by atoms with Crippen LogP contribution in [-0.4, -0.2) is 105 Å². The van der Waals surface area contributed by atoms with Crippen molar-refractivity contribution in [1.82, 2.24) is 35.4 Å². The van der Waals surface area contributed by atoms with Gasteiger partial charge in [-0.1, -0.05) is 108 Å². The number of nitrogens with zero attached hydrogens (tertiary/aromatic N) is 5. The van der Waals surface area contributed by atoms with E-state index in [1.54, 1.807) is 24.8 Å². The van der Waals surface area contributed by atoms with Crippen LogP contribution in [0.1, 0.15) is 122 Å². The molecule has 5 aromatic rings. The van der Waals surface area contributed by atoms with Crippen LogP contribution in [0.25, 0.3) is 21.3 Å². The number of carbonyl (C=O) groups is 4. The number of aryl methyl sites for hydroxylation is 1. The second kappa shape index (κ2) is 26.0. The van der Waals surface area contributed by atoms with Crippen LogP contribution in [0.2, 0.25) is 0 Å². The number of hydrogen-bond donors (Lipinski definition) is 4. The van der Waals surface area contributed by atoms with Crippen molar-refractivity contribution < 1.29 is 33.8 Å². The highest BCUT2D eigenvalue weighted by molar-refractivity contribution is 7.13. The van der Waals surface area contributed by atoms with Gasteiger partial charge in [0.2, 0.25) is 23.6 Å². The van der Waals surface area contributed by atoms with Crippen LogP contribution in [0, 0.1) is 18.3 Å². The van der Waals surface area contributed by atoms with Gasteiger partial charge in [-0.05, 0) is 73.3 Å². The molecule has 2 aliphatic rings. The van der Waals surface area contributed by atoms with E-state index < -0.39 is 23.6 Å². The van der Waals surface area contributed by atoms with Crippen molar-refractivity contribution >= 4 is 57.4 Å². The number of nitrogens with one attached hydrogen (secondary N) is 3. The molecule has 0 unspecified atom stereocenters. The van der Waals surface area contributed by atoms with Crippen molar-refractivity contribution in [1.29, 1.82) is 0 Å². The van der Waals surface area contributed by atoms with Crippen molar-refractivity contribution in [3.63, 3.8) is 0 Å². The third kappa shape index (κ3) is 15.0. The molecule has 4 amide bonds. The summed E-state index contributed by atoms with van der Waals surface area (Å²) in [6, 6.07) is 20.0. The van der Waals surface area contributed by atoms with Gasteiger partial charge in [-0.3, -0.25) is 19.2 Å². The first kappa shape index (κ1) is 53.7. The molecule has 15 nitrogen and oxygen atoms in total. The average molecular weight is 1000 g/mol. The number of anilines is 2. The van der Waals surface area contributed by atoms with Crippen LogP contribution in [0.3, 0.4) is 0 Å². The Morgan fingerprint density at radius 2 is 1.53 bits per heavy atom. The molecule has 16 heteroatoms. The summed E-state index contributed by atoms with van der Waals surface area (Å²) in [7, 11) is 1.63. The summed E-state index contributed by atoms with van der Waals surface area (Å²) in [6.45, 7) is 10.0. The lowest BCUT2D eigenvalue weighted by atomic mass is 9.85. The van der Waals surface area contributed by atoms with E-state index in [4.69, 9.17) is 9.47 Å². The van der Waals surface area contributed by atoms with E-state index in [1.807, 2.05) is 105 Å². The highest BCUT2D eigenvalue weighted by Gasteiger charge is 2.44. The number of hydrogen-bond acceptors (Lipinski definition) is 12. The molecule has 4 heterocycles. The smallest absolute Gasteiger partial charge is 0.246 e. The predicted octanol–water partition coefficient (Wildman–Crippen LogP) is 9.53. The Morgan fingerprint density at radius 1 is 0.847 bits per heavy atom. The largest absolute Gasteiger partial charge is 0.493 e. The summed E-state index contributed by atoms with van der Waals surface area (Å²) in [5.74, 6) is 1.68. The molecule has 0 spiro atoms. The van der Waals surface area contributed by atoms with Gasteiger partial charge >= 0.3 is 0 Å². The highest BCUT2D eigenvalue weighted by atomic mass is 32.1. The number of unbranched alkanes of at least 4 members (excludes halogenated alkanes) is 8. The molecule has 2 fully saturated rings. The van der Waals surface area contributed by atoms with Crippen LogP contribution in [0.15, 0.2) is 78.6 Å². The first-order chi connectivity index (χ1) is 34.8. The number of rotatable bonds is 24. The monoisotopic (exact) mass is 1000 g/mol. The van der Waals surface area contributed by atoms with Gasteiger partial charge in [0.15, 0.2) is 11.5 Å². The van der Waals surface area contributed by atoms with Gasteiger partial charge < -0.3 is 40.3 Å². The van der Waals surface area contributed by atoms with Crippen LogP contribution in [0.5, 0.6) is 11.5 Å². The van der Waals surface area contributed by atoms with Crippen LogP contribution < -0.4 is 25.4 Å². The Hall–Kier alpha value is -6.13. The van der Waals surface area contributed by atoms with Crippen molar-refractivity contribution in [2.45, 2.75) is 142 Å². The van der Waals surface area contributed by atoms with Crippen LogP contribution >= 0.6 is 11.3 Å². The fraction of sp³-hybridized carbons (Fsp3) is 0.518. The number of ether oxygens (including phenoxy) is 2. The zero-order valence-corrected chi connectivity index (χ0v) is 43.6. The van der Waals surface area contributed by atoms with Crippen molar-refractivity contribution in [2.75, 3.05) is 38.7 Å². The molecule has 72 heavy (non-hydrogen) atoms. The molecule has 0 bridgehead atoms. The van der Waals surface area contributed by atoms with Gasteiger partial charge in [0, 0.05) is 62.6 Å². The highest BCUT2D eigenvalue weighted by Crippen LogP contribution is 2.36. The molecule has 386 valence electrons. The second-order valence-electron chi connectivity index (χ2n) is 20.5. The number of aromatic nitrogens is 3. The lowest BCUT2D eigenvalue weighted by Gasteiger charge is -2.35. The fourth-order valence-electron chi connectivity index (χ4n) is 9.62. The SMILES string of the molecule is COc1cc2c(Nc3ccccc3)ncnc2cc1OCC1CCN(C(=O)CCCCCCCCCCCC(=O)N[C@H](C(=O)N2C[C@H](O)C[C@H]2C(=O)NCc2ccc(-c3scnc3C)cc2)C(C)(C)C)CC1. The lowest BCUT2D eigenvalue weighted by Crippen LogP contribution is -2.57. The molecular weight excluding hydrogens is 929 g/mol. The number of methoxy groups -OCH3 is 1. The number of aliphatic hydroxyl groups is 1. The topological polar surface area (TPSA) is 188 Å². The summed E-state index contributed by atoms with van der Waals surface area (Å²) in [5.41, 5.74) is 5.87. The lowest BCUT2D eigenvalue weighted by molar-refractivity contribution is -0.144. The number of fused-ring (bicyclic) bond motifs is 1. The van der Waals surface area contributed by atoms with E-state index >= 15 is 0 Å². The van der Waals surface area contributed by atoms with Crippen LogP contribution in [0.4, 0.5) is 11.5 Å². The fourth-order valence-corrected chi connectivity index (χ4v) is 10.4. The van der Waals surface area contributed by atoms with Gasteiger partial charge in [0.25, 0.3) is 0 Å². The van der Waals surface area contributed by atoms with Crippen molar-refractivity contribution in [3.8, 4) is 21.9 Å². The number of aliphatic hydroxyl groups excluding tert-OH is 1. The summed E-state index contributed by atoms with van der Waals surface area (Å²) < 4.78 is 12.0. The summed E-state index contributed by atoms with van der Waals surface area (Å²) >= 11 is 1.59. The summed E-state index contributed by atoms with van der Waals surface area (Å²) in [6.07, 6.45) is 12.6. The zero-order valence-electron chi connectivity index (χ0n) is 42.8. The molecule has 2 saturated heterocycles. The third-order valence-corrected chi connectivity index (χ3v) is 14.9. The Bertz CT molecular complexity index is 2560. The Kier molecular flexibility index (Phi) is 19.4. The maximum atomic E-state index is 14.0. The van der Waals surface area contributed by atoms with Gasteiger partial charge in [0.05, 0.1) is 41.4 Å². The number of likely N-dealkylation sites (tertiary alicyclic amines) is 2. The summed E-state index contributed by atoms with van der Waals surface area (Å²) in [4.78, 5) is 71.6. The molecule has 3 aromatic carbocycles. The Labute approximate surface area is 428 Å². The van der Waals surface area contributed by atoms with Gasteiger partial charge in [0.1, 0.15) is 24.2 Å². The summed E-state index contributed by atoms with van der Waals surface area (Å²) in [5, 5.41) is 20.7. The molecule has 0 radical (unpaired) electrons. The van der Waals surface area contributed by atoms with E-state index in [2.05, 4.69) is 30.9 Å². The first-order valence-electron chi connectivity index (χ1n) is 25.9. The standard InChI is InChI=1S/C56H74N8O7S/c1-38-51(72-37-60-38)41-24-22-39(23-25-41)33-57-54(68)46-30-43(65)34-64(46)55(69)52(56(2,3)4)62-49(66)20-16-11-9-7-6-8-10-12-17-21-50(67)63-28-26-40(27-29-63)35-71-48-32-45-44(31-47(48)70-5)53(59-36-58-45)61-42-18-14-13-15-19-42/h13-15,18-19,22-25,31-32,36-37,40,43,46,52,65H,6-12,16-17,20-21,26-30,33-35H2,1-5H3,(H,57,68)(H,62,66)(H,58,59,61)/t43-,46+,52-/m1/s1. The van der Waals surface area contributed by atoms with E-state index in [1.165, 1.54) is 4.90 Å². The normalized spacial score (nSPS) is 16.6. The van der Waals surface area contributed by atoms with Gasteiger partial charge in [-0.2, -0.15) is 0 Å². The minimum atomic E-state index is -0.843. The number of benzene rings is 3. The first-order valence-corrected chi connectivity index (χ1v) is 26.8. The van der Waals surface area contributed by atoms with Crippen LogP contribution in [-0.2, 0) is 25.7 Å². The molecule has 0 aliphatic carbocycles. The van der Waals surface area contributed by atoms with Gasteiger partial charge in [-0.15, -0.1) is 11.3 Å². The van der Waals surface area contributed by atoms with E-state index in [9.17, 15) is 24.3 Å².